The van der Waals surface area contributed by atoms with Crippen molar-refractivity contribution in [3.63, 3.8) is 0 Å². The summed E-state index contributed by atoms with van der Waals surface area (Å²) in [6.45, 7) is 11.3. The van der Waals surface area contributed by atoms with Crippen molar-refractivity contribution in [2.75, 3.05) is 6.61 Å². The standard InChI is InChI=1S/C21H29BrO5/c1-11-9-17(22)7-8-18(11)14(4)21-20(26-16(6)24)13(3)12(2)19(27-21)10-25-15(5)23/h7-9,12-14,19-21H,10H2,1-6H3/t12-,13-,14+,19?,20?,21+/m0/s1. The lowest BCUT2D eigenvalue weighted by atomic mass is 9.76. The molecule has 0 spiro atoms. The van der Waals surface area contributed by atoms with E-state index in [-0.39, 0.29) is 54.6 Å². The first kappa shape index (κ1) is 21.9. The topological polar surface area (TPSA) is 61.8 Å². The fraction of sp³-hybridized carbons (Fsp3) is 0.619. The summed E-state index contributed by atoms with van der Waals surface area (Å²) >= 11 is 3.50. The Labute approximate surface area is 169 Å². The van der Waals surface area contributed by atoms with Crippen LogP contribution in [0.1, 0.15) is 51.7 Å². The fourth-order valence-electron chi connectivity index (χ4n) is 3.83. The second-order valence-electron chi connectivity index (χ2n) is 7.52. The molecule has 5 nitrogen and oxygen atoms in total. The van der Waals surface area contributed by atoms with Gasteiger partial charge in [0.2, 0.25) is 0 Å². The normalized spacial score (nSPS) is 29.1. The Morgan fingerprint density at radius 1 is 1.19 bits per heavy atom. The van der Waals surface area contributed by atoms with Crippen LogP contribution in [0.25, 0.3) is 0 Å². The van der Waals surface area contributed by atoms with Gasteiger partial charge in [-0.1, -0.05) is 42.8 Å². The Bertz CT molecular complexity index is 687. The summed E-state index contributed by atoms with van der Waals surface area (Å²) in [7, 11) is 0. The average Bonchev–Trinajstić information content (AvgIpc) is 2.57. The number of halogens is 1. The SMILES string of the molecule is CC(=O)OCC1O[C@H]([C@H](C)c2ccc(Br)cc2C)C(OC(C)=O)[C@@H](C)[C@@H]1C. The quantitative estimate of drug-likeness (QED) is 0.634. The van der Waals surface area contributed by atoms with E-state index in [1.807, 2.05) is 13.0 Å². The fourth-order valence-corrected chi connectivity index (χ4v) is 4.30. The van der Waals surface area contributed by atoms with E-state index >= 15 is 0 Å². The molecule has 0 saturated carbocycles. The second-order valence-corrected chi connectivity index (χ2v) is 8.44. The van der Waals surface area contributed by atoms with Crippen molar-refractivity contribution >= 4 is 27.9 Å². The van der Waals surface area contributed by atoms with Gasteiger partial charge in [0, 0.05) is 30.2 Å². The third-order valence-corrected chi connectivity index (χ3v) is 6.05. The van der Waals surface area contributed by atoms with Crippen molar-refractivity contribution in [2.24, 2.45) is 11.8 Å². The van der Waals surface area contributed by atoms with Gasteiger partial charge >= 0.3 is 11.9 Å². The maximum absolute atomic E-state index is 11.7. The van der Waals surface area contributed by atoms with E-state index in [9.17, 15) is 9.59 Å². The maximum Gasteiger partial charge on any atom is 0.303 e. The first-order chi connectivity index (χ1) is 12.6. The first-order valence-electron chi connectivity index (χ1n) is 9.33. The summed E-state index contributed by atoms with van der Waals surface area (Å²) in [4.78, 5) is 23.0. The molecular formula is C21H29BrO5. The molecule has 1 aliphatic heterocycles. The van der Waals surface area contributed by atoms with Crippen molar-refractivity contribution < 1.29 is 23.8 Å². The van der Waals surface area contributed by atoms with E-state index in [0.717, 1.165) is 15.6 Å². The van der Waals surface area contributed by atoms with Gasteiger partial charge in [-0.15, -0.1) is 0 Å². The molecular weight excluding hydrogens is 412 g/mol. The minimum Gasteiger partial charge on any atom is -0.463 e. The second kappa shape index (κ2) is 9.20. The number of esters is 2. The third kappa shape index (κ3) is 5.32. The van der Waals surface area contributed by atoms with Crippen LogP contribution in [0, 0.1) is 18.8 Å². The average molecular weight is 441 g/mol. The zero-order chi connectivity index (χ0) is 20.3. The number of ether oxygens (including phenoxy) is 3. The lowest BCUT2D eigenvalue weighted by molar-refractivity contribution is -0.207. The molecule has 0 N–H and O–H groups in total. The van der Waals surface area contributed by atoms with Crippen LogP contribution < -0.4 is 0 Å². The molecule has 2 rings (SSSR count). The summed E-state index contributed by atoms with van der Waals surface area (Å²) in [6.07, 6.45) is -0.913. The lowest BCUT2D eigenvalue weighted by Gasteiger charge is -2.46. The predicted octanol–water partition coefficient (Wildman–Crippen LogP) is 4.40. The van der Waals surface area contributed by atoms with Gasteiger partial charge in [-0.25, -0.2) is 0 Å². The molecule has 1 aromatic carbocycles. The molecule has 27 heavy (non-hydrogen) atoms. The van der Waals surface area contributed by atoms with Gasteiger partial charge in [0.25, 0.3) is 0 Å². The van der Waals surface area contributed by atoms with Crippen molar-refractivity contribution in [2.45, 2.75) is 65.8 Å². The zero-order valence-electron chi connectivity index (χ0n) is 16.8. The Balaban J connectivity index is 2.33. The summed E-state index contributed by atoms with van der Waals surface area (Å²) in [6, 6.07) is 6.14. The number of hydrogen-bond donors (Lipinski definition) is 0. The zero-order valence-corrected chi connectivity index (χ0v) is 18.4. The highest BCUT2D eigenvalue weighted by Crippen LogP contribution is 2.39. The minimum atomic E-state index is -0.357. The molecule has 1 aromatic rings. The molecule has 1 heterocycles. The van der Waals surface area contributed by atoms with Gasteiger partial charge in [0.1, 0.15) is 18.8 Å². The summed E-state index contributed by atoms with van der Waals surface area (Å²) in [5.41, 5.74) is 2.29. The molecule has 1 fully saturated rings. The Kier molecular flexibility index (Phi) is 7.46. The highest BCUT2D eigenvalue weighted by Gasteiger charge is 2.46. The number of aryl methyl sites for hydroxylation is 1. The van der Waals surface area contributed by atoms with Crippen LogP contribution in [0.15, 0.2) is 22.7 Å². The van der Waals surface area contributed by atoms with Crippen molar-refractivity contribution in [3.8, 4) is 0 Å². The van der Waals surface area contributed by atoms with Gasteiger partial charge in [-0.2, -0.15) is 0 Å². The summed E-state index contributed by atoms with van der Waals surface area (Å²) in [5.74, 6) is -0.466. The highest BCUT2D eigenvalue weighted by atomic mass is 79.9. The molecule has 0 radical (unpaired) electrons. The third-order valence-electron chi connectivity index (χ3n) is 5.56. The van der Waals surface area contributed by atoms with Crippen LogP contribution in [0.4, 0.5) is 0 Å². The number of carbonyl (C=O) groups excluding carboxylic acids is 2. The largest absolute Gasteiger partial charge is 0.463 e. The van der Waals surface area contributed by atoms with Gasteiger partial charge in [-0.05, 0) is 36.1 Å². The number of benzene rings is 1. The molecule has 0 amide bonds. The molecule has 1 aliphatic rings. The Morgan fingerprint density at radius 2 is 1.85 bits per heavy atom. The van der Waals surface area contributed by atoms with Crippen molar-refractivity contribution in [3.05, 3.63) is 33.8 Å². The van der Waals surface area contributed by atoms with E-state index in [1.165, 1.54) is 13.8 Å². The van der Waals surface area contributed by atoms with E-state index in [1.54, 1.807) is 0 Å². The van der Waals surface area contributed by atoms with E-state index in [0.29, 0.717) is 0 Å². The molecule has 0 aromatic heterocycles. The van der Waals surface area contributed by atoms with Crippen molar-refractivity contribution in [1.29, 1.82) is 0 Å². The van der Waals surface area contributed by atoms with E-state index in [2.05, 4.69) is 48.8 Å². The molecule has 0 bridgehead atoms. The molecule has 2 unspecified atom stereocenters. The lowest BCUT2D eigenvalue weighted by Crippen LogP contribution is -2.54. The Morgan fingerprint density at radius 3 is 2.41 bits per heavy atom. The minimum absolute atomic E-state index is 0.0113. The smallest absolute Gasteiger partial charge is 0.303 e. The summed E-state index contributed by atoms with van der Waals surface area (Å²) in [5, 5.41) is 0. The summed E-state index contributed by atoms with van der Waals surface area (Å²) < 4.78 is 18.3. The molecule has 6 atom stereocenters. The van der Waals surface area contributed by atoms with Gasteiger partial charge in [0.15, 0.2) is 0 Å². The molecule has 150 valence electrons. The first-order valence-corrected chi connectivity index (χ1v) is 10.1. The number of carbonyl (C=O) groups is 2. The van der Waals surface area contributed by atoms with Crippen LogP contribution in [-0.2, 0) is 23.8 Å². The predicted molar refractivity (Wildman–Crippen MR) is 106 cm³/mol. The van der Waals surface area contributed by atoms with E-state index < -0.39 is 0 Å². The van der Waals surface area contributed by atoms with Gasteiger partial charge in [-0.3, -0.25) is 9.59 Å². The van der Waals surface area contributed by atoms with Crippen molar-refractivity contribution in [1.82, 2.24) is 0 Å². The maximum atomic E-state index is 11.7. The monoisotopic (exact) mass is 440 g/mol. The van der Waals surface area contributed by atoms with E-state index in [4.69, 9.17) is 14.2 Å². The van der Waals surface area contributed by atoms with Crippen LogP contribution in [0.2, 0.25) is 0 Å². The highest BCUT2D eigenvalue weighted by molar-refractivity contribution is 9.10. The van der Waals surface area contributed by atoms with Crippen LogP contribution in [0.3, 0.4) is 0 Å². The van der Waals surface area contributed by atoms with Crippen LogP contribution in [-0.4, -0.2) is 36.9 Å². The number of hydrogen-bond acceptors (Lipinski definition) is 5. The van der Waals surface area contributed by atoms with Crippen LogP contribution in [0.5, 0.6) is 0 Å². The Hall–Kier alpha value is -1.40. The van der Waals surface area contributed by atoms with Gasteiger partial charge in [0.05, 0.1) is 6.10 Å². The van der Waals surface area contributed by atoms with Crippen LogP contribution >= 0.6 is 15.9 Å². The molecule has 0 aliphatic carbocycles. The molecule has 6 heteroatoms. The number of rotatable bonds is 5. The van der Waals surface area contributed by atoms with Gasteiger partial charge < -0.3 is 14.2 Å². The molecule has 1 saturated heterocycles.